The third kappa shape index (κ3) is 5.78. The molecule has 0 radical (unpaired) electrons. The Balaban J connectivity index is 1.70. The van der Waals surface area contributed by atoms with Crippen LogP contribution in [0.1, 0.15) is 18.4 Å². The summed E-state index contributed by atoms with van der Waals surface area (Å²) < 4.78 is 10.5. The number of hydrogen-bond donors (Lipinski definition) is 1. The number of rotatable bonds is 7. The molecule has 2 rings (SSSR count). The first-order valence-corrected chi connectivity index (χ1v) is 8.40. The van der Waals surface area contributed by atoms with Gasteiger partial charge in [-0.3, -0.25) is 0 Å². The molecule has 5 nitrogen and oxygen atoms in total. The van der Waals surface area contributed by atoms with Gasteiger partial charge in [-0.2, -0.15) is 0 Å². The molecule has 24 heavy (non-hydrogen) atoms. The van der Waals surface area contributed by atoms with Crippen LogP contribution in [0.25, 0.3) is 0 Å². The number of hydrogen-bond acceptors (Lipinski definition) is 3. The second-order valence-electron chi connectivity index (χ2n) is 6.00. The lowest BCUT2D eigenvalue weighted by Crippen LogP contribution is -2.46. The standard InChI is InChI=1S/C19H26N2O3/c1-3-13-24-15-17-5-4-12-21(14-17)19(22)20-11-10-16-6-8-18(23-2)9-7-16/h1,6-9,17H,4-5,10-15H2,2H3,(H,20,22). The van der Waals surface area contributed by atoms with Gasteiger partial charge < -0.3 is 19.7 Å². The summed E-state index contributed by atoms with van der Waals surface area (Å²) >= 11 is 0. The molecule has 0 bridgehead atoms. The summed E-state index contributed by atoms with van der Waals surface area (Å²) in [5.41, 5.74) is 1.18. The van der Waals surface area contributed by atoms with Gasteiger partial charge in [0.25, 0.3) is 0 Å². The monoisotopic (exact) mass is 330 g/mol. The summed E-state index contributed by atoms with van der Waals surface area (Å²) in [4.78, 5) is 14.2. The largest absolute Gasteiger partial charge is 0.497 e. The number of benzene rings is 1. The zero-order valence-corrected chi connectivity index (χ0v) is 14.3. The number of ether oxygens (including phenoxy) is 2. The Morgan fingerprint density at radius 2 is 2.21 bits per heavy atom. The molecule has 1 saturated heterocycles. The molecule has 1 atom stereocenters. The number of nitrogens with one attached hydrogen (secondary N) is 1. The Labute approximate surface area is 144 Å². The van der Waals surface area contributed by atoms with Gasteiger partial charge in [-0.1, -0.05) is 18.1 Å². The Bertz CT molecular complexity index is 551. The number of carbonyl (C=O) groups excluding carboxylic acids is 1. The molecular weight excluding hydrogens is 304 g/mol. The number of terminal acetylenes is 1. The predicted octanol–water partition coefficient (Wildman–Crippen LogP) is 2.31. The number of carbonyl (C=O) groups is 1. The van der Waals surface area contributed by atoms with Crippen LogP contribution < -0.4 is 10.1 Å². The summed E-state index contributed by atoms with van der Waals surface area (Å²) in [6.07, 6.45) is 8.08. The average molecular weight is 330 g/mol. The molecule has 1 aromatic rings. The maximum absolute atomic E-state index is 12.3. The summed E-state index contributed by atoms with van der Waals surface area (Å²) in [5.74, 6) is 3.69. The number of nitrogens with zero attached hydrogens (tertiary/aromatic N) is 1. The Hall–Kier alpha value is -2.19. The molecule has 1 aromatic carbocycles. The quantitative estimate of drug-likeness (QED) is 0.616. The van der Waals surface area contributed by atoms with Crippen molar-refractivity contribution in [3.8, 4) is 18.1 Å². The van der Waals surface area contributed by atoms with E-state index in [1.165, 1.54) is 5.56 Å². The minimum atomic E-state index is 0.00478. The predicted molar refractivity (Wildman–Crippen MR) is 94.0 cm³/mol. The van der Waals surface area contributed by atoms with Crippen LogP contribution >= 0.6 is 0 Å². The maximum Gasteiger partial charge on any atom is 0.317 e. The van der Waals surface area contributed by atoms with E-state index in [1.54, 1.807) is 7.11 Å². The molecule has 0 aliphatic carbocycles. The highest BCUT2D eigenvalue weighted by Crippen LogP contribution is 2.17. The topological polar surface area (TPSA) is 50.8 Å². The van der Waals surface area contributed by atoms with Crippen LogP contribution in [-0.4, -0.2) is 50.9 Å². The lowest BCUT2D eigenvalue weighted by atomic mass is 9.99. The number of amides is 2. The fraction of sp³-hybridized carbons (Fsp3) is 0.526. The minimum absolute atomic E-state index is 0.00478. The van der Waals surface area contributed by atoms with Crippen LogP contribution in [0.15, 0.2) is 24.3 Å². The van der Waals surface area contributed by atoms with Crippen molar-refractivity contribution in [2.45, 2.75) is 19.3 Å². The van der Waals surface area contributed by atoms with E-state index in [2.05, 4.69) is 11.2 Å². The highest BCUT2D eigenvalue weighted by Gasteiger charge is 2.23. The Morgan fingerprint density at radius 3 is 2.92 bits per heavy atom. The Kier molecular flexibility index (Phi) is 7.44. The van der Waals surface area contributed by atoms with Crippen molar-refractivity contribution >= 4 is 6.03 Å². The van der Waals surface area contributed by atoms with E-state index in [0.717, 1.165) is 38.1 Å². The normalized spacial score (nSPS) is 17.2. The SMILES string of the molecule is C#CCOCC1CCCN(C(=O)NCCc2ccc(OC)cc2)C1. The lowest BCUT2D eigenvalue weighted by molar-refractivity contribution is 0.0858. The summed E-state index contributed by atoms with van der Waals surface area (Å²) in [5, 5.41) is 3.00. The minimum Gasteiger partial charge on any atom is -0.497 e. The molecule has 1 aliphatic heterocycles. The van der Waals surface area contributed by atoms with E-state index >= 15 is 0 Å². The zero-order valence-electron chi connectivity index (χ0n) is 14.3. The highest BCUT2D eigenvalue weighted by atomic mass is 16.5. The molecule has 1 unspecified atom stereocenters. The second kappa shape index (κ2) is 9.84. The first-order valence-electron chi connectivity index (χ1n) is 8.40. The number of piperidine rings is 1. The summed E-state index contributed by atoms with van der Waals surface area (Å²) in [7, 11) is 1.65. The van der Waals surface area contributed by atoms with Gasteiger partial charge in [0.2, 0.25) is 0 Å². The molecule has 1 fully saturated rings. The first kappa shape index (κ1) is 18.2. The van der Waals surface area contributed by atoms with Gasteiger partial charge in [-0.05, 0) is 37.0 Å². The molecule has 1 heterocycles. The van der Waals surface area contributed by atoms with Crippen molar-refractivity contribution in [1.82, 2.24) is 10.2 Å². The van der Waals surface area contributed by atoms with Crippen molar-refractivity contribution in [3.63, 3.8) is 0 Å². The zero-order chi connectivity index (χ0) is 17.2. The average Bonchev–Trinajstić information content (AvgIpc) is 2.63. The van der Waals surface area contributed by atoms with Crippen LogP contribution in [0.2, 0.25) is 0 Å². The summed E-state index contributed by atoms with van der Waals surface area (Å²) in [6, 6.07) is 7.91. The summed E-state index contributed by atoms with van der Waals surface area (Å²) in [6.45, 7) is 3.13. The molecule has 2 amide bonds. The van der Waals surface area contributed by atoms with Gasteiger partial charge in [0, 0.05) is 25.6 Å². The smallest absolute Gasteiger partial charge is 0.317 e. The molecule has 0 aromatic heterocycles. The third-order valence-corrected chi connectivity index (χ3v) is 4.19. The third-order valence-electron chi connectivity index (χ3n) is 4.19. The molecule has 0 spiro atoms. The van der Waals surface area contributed by atoms with Gasteiger partial charge in [0.15, 0.2) is 0 Å². The van der Waals surface area contributed by atoms with Crippen molar-refractivity contribution in [2.75, 3.05) is 40.0 Å². The van der Waals surface area contributed by atoms with Crippen LogP contribution in [0.4, 0.5) is 4.79 Å². The molecule has 130 valence electrons. The maximum atomic E-state index is 12.3. The van der Waals surface area contributed by atoms with Gasteiger partial charge in [-0.15, -0.1) is 6.42 Å². The second-order valence-corrected chi connectivity index (χ2v) is 6.00. The van der Waals surface area contributed by atoms with Gasteiger partial charge in [-0.25, -0.2) is 4.79 Å². The number of methoxy groups -OCH3 is 1. The van der Waals surface area contributed by atoms with Gasteiger partial charge >= 0.3 is 6.03 Å². The van der Waals surface area contributed by atoms with E-state index in [9.17, 15) is 4.79 Å². The van der Waals surface area contributed by atoms with E-state index in [0.29, 0.717) is 25.7 Å². The van der Waals surface area contributed by atoms with Gasteiger partial charge in [0.05, 0.1) is 13.7 Å². The number of urea groups is 1. The van der Waals surface area contributed by atoms with E-state index in [-0.39, 0.29) is 6.03 Å². The molecule has 1 N–H and O–H groups in total. The van der Waals surface area contributed by atoms with Crippen LogP contribution in [0.3, 0.4) is 0 Å². The fourth-order valence-corrected chi connectivity index (χ4v) is 2.89. The van der Waals surface area contributed by atoms with Crippen molar-refractivity contribution in [3.05, 3.63) is 29.8 Å². The van der Waals surface area contributed by atoms with Crippen LogP contribution in [0, 0.1) is 18.3 Å². The van der Waals surface area contributed by atoms with E-state index < -0.39 is 0 Å². The van der Waals surface area contributed by atoms with E-state index in [1.807, 2.05) is 29.2 Å². The van der Waals surface area contributed by atoms with Crippen LogP contribution in [-0.2, 0) is 11.2 Å². The Morgan fingerprint density at radius 1 is 1.42 bits per heavy atom. The first-order chi connectivity index (χ1) is 11.7. The van der Waals surface area contributed by atoms with Crippen molar-refractivity contribution < 1.29 is 14.3 Å². The molecule has 1 aliphatic rings. The molecule has 0 saturated carbocycles. The number of likely N-dealkylation sites (tertiary alicyclic amines) is 1. The van der Waals surface area contributed by atoms with E-state index in [4.69, 9.17) is 15.9 Å². The highest BCUT2D eigenvalue weighted by molar-refractivity contribution is 5.74. The van der Waals surface area contributed by atoms with Gasteiger partial charge in [0.1, 0.15) is 12.4 Å². The molecular formula is C19H26N2O3. The van der Waals surface area contributed by atoms with Crippen LogP contribution in [0.5, 0.6) is 5.75 Å². The fourth-order valence-electron chi connectivity index (χ4n) is 2.89. The van der Waals surface area contributed by atoms with Crippen molar-refractivity contribution in [1.29, 1.82) is 0 Å². The molecule has 5 heteroatoms. The van der Waals surface area contributed by atoms with Crippen molar-refractivity contribution in [2.24, 2.45) is 5.92 Å². The lowest BCUT2D eigenvalue weighted by Gasteiger charge is -2.32.